The fourth-order valence-corrected chi connectivity index (χ4v) is 4.43. The number of ether oxygens (including phenoxy) is 1. The number of thiazole rings is 1. The first kappa shape index (κ1) is 17.0. The molecule has 1 aliphatic heterocycles. The lowest BCUT2D eigenvalue weighted by molar-refractivity contribution is 0.0730. The Morgan fingerprint density at radius 2 is 1.88 bits per heavy atom. The van der Waals surface area contributed by atoms with Crippen LogP contribution in [0.1, 0.15) is 10.4 Å². The Bertz CT molecular complexity index is 891. The van der Waals surface area contributed by atoms with Crippen molar-refractivity contribution in [2.24, 2.45) is 12.0 Å². The molecular formula is C15H17N3O4S2. The number of hydrogen-bond donors (Lipinski definition) is 0. The Balaban J connectivity index is 1.83. The van der Waals surface area contributed by atoms with Gasteiger partial charge in [-0.05, 0) is 24.3 Å². The molecule has 7 nitrogen and oxygen atoms in total. The molecule has 2 heterocycles. The van der Waals surface area contributed by atoms with E-state index in [-0.39, 0.29) is 4.90 Å². The highest BCUT2D eigenvalue weighted by molar-refractivity contribution is 7.89. The van der Waals surface area contributed by atoms with E-state index in [0.29, 0.717) is 36.7 Å². The number of amides is 1. The molecule has 9 heteroatoms. The molecule has 24 heavy (non-hydrogen) atoms. The first-order chi connectivity index (χ1) is 11.5. The molecule has 0 N–H and O–H groups in total. The summed E-state index contributed by atoms with van der Waals surface area (Å²) in [6.07, 6.45) is 1.81. The minimum atomic E-state index is -3.55. The molecule has 1 amide bonds. The van der Waals surface area contributed by atoms with E-state index in [0.717, 1.165) is 0 Å². The third kappa shape index (κ3) is 3.48. The van der Waals surface area contributed by atoms with Crippen LogP contribution in [0.5, 0.6) is 0 Å². The Hall–Kier alpha value is -1.81. The van der Waals surface area contributed by atoms with E-state index < -0.39 is 15.9 Å². The van der Waals surface area contributed by atoms with Crippen molar-refractivity contribution in [3.05, 3.63) is 46.2 Å². The first-order valence-corrected chi connectivity index (χ1v) is 9.67. The topological polar surface area (TPSA) is 81.0 Å². The molecule has 0 saturated carbocycles. The molecular weight excluding hydrogens is 350 g/mol. The molecule has 0 unspecified atom stereocenters. The number of morpholine rings is 1. The summed E-state index contributed by atoms with van der Waals surface area (Å²) in [4.78, 5) is 17.0. The monoisotopic (exact) mass is 367 g/mol. The molecule has 0 atom stereocenters. The molecule has 1 aromatic carbocycles. The van der Waals surface area contributed by atoms with Crippen molar-refractivity contribution in [1.29, 1.82) is 0 Å². The summed E-state index contributed by atoms with van der Waals surface area (Å²) < 4.78 is 33.4. The smallest absolute Gasteiger partial charge is 0.279 e. The van der Waals surface area contributed by atoms with Crippen LogP contribution < -0.4 is 4.80 Å². The zero-order chi connectivity index (χ0) is 17.2. The lowest BCUT2D eigenvalue weighted by Gasteiger charge is -2.26. The average Bonchev–Trinajstić information content (AvgIpc) is 3.00. The minimum absolute atomic E-state index is 0.169. The summed E-state index contributed by atoms with van der Waals surface area (Å²) in [6.45, 7) is 1.47. The molecule has 2 aromatic rings. The summed E-state index contributed by atoms with van der Waals surface area (Å²) in [5, 5.41) is 1.84. The van der Waals surface area contributed by atoms with Crippen LogP contribution in [0.25, 0.3) is 0 Å². The van der Waals surface area contributed by atoms with Gasteiger partial charge in [0, 0.05) is 37.3 Å². The second-order valence-electron chi connectivity index (χ2n) is 5.25. The van der Waals surface area contributed by atoms with Crippen LogP contribution in [-0.4, -0.2) is 49.5 Å². The highest BCUT2D eigenvalue weighted by Crippen LogP contribution is 2.18. The SMILES string of the molecule is Cn1ccsc1=NC(=O)c1ccc(S(=O)(=O)N2CCOCC2)cc1. The summed E-state index contributed by atoms with van der Waals surface area (Å²) in [5.41, 5.74) is 0.351. The molecule has 1 saturated heterocycles. The van der Waals surface area contributed by atoms with E-state index in [1.807, 2.05) is 11.6 Å². The normalized spacial score (nSPS) is 17.1. The van der Waals surface area contributed by atoms with Crippen LogP contribution in [0, 0.1) is 0 Å². The molecule has 0 spiro atoms. The van der Waals surface area contributed by atoms with Gasteiger partial charge in [0.2, 0.25) is 10.0 Å². The fraction of sp³-hybridized carbons (Fsp3) is 0.333. The van der Waals surface area contributed by atoms with Gasteiger partial charge in [-0.25, -0.2) is 8.42 Å². The Labute approximate surface area is 143 Å². The van der Waals surface area contributed by atoms with E-state index in [1.165, 1.54) is 39.9 Å². The van der Waals surface area contributed by atoms with Crippen molar-refractivity contribution >= 4 is 27.3 Å². The lowest BCUT2D eigenvalue weighted by atomic mass is 10.2. The van der Waals surface area contributed by atoms with E-state index in [1.54, 1.807) is 11.6 Å². The highest BCUT2D eigenvalue weighted by Gasteiger charge is 2.26. The first-order valence-electron chi connectivity index (χ1n) is 7.35. The third-order valence-corrected chi connectivity index (χ3v) is 6.43. The third-order valence-electron chi connectivity index (χ3n) is 3.67. The van der Waals surface area contributed by atoms with Crippen molar-refractivity contribution < 1.29 is 17.9 Å². The van der Waals surface area contributed by atoms with Gasteiger partial charge in [0.25, 0.3) is 5.91 Å². The predicted octanol–water partition coefficient (Wildman–Crippen LogP) is 0.849. The van der Waals surface area contributed by atoms with Crippen LogP contribution >= 0.6 is 11.3 Å². The van der Waals surface area contributed by atoms with E-state index >= 15 is 0 Å². The Morgan fingerprint density at radius 3 is 2.46 bits per heavy atom. The second kappa shape index (κ2) is 6.98. The number of hydrogen-bond acceptors (Lipinski definition) is 5. The Morgan fingerprint density at radius 1 is 1.21 bits per heavy atom. The van der Waals surface area contributed by atoms with Crippen molar-refractivity contribution in [1.82, 2.24) is 8.87 Å². The average molecular weight is 367 g/mol. The van der Waals surface area contributed by atoms with Crippen molar-refractivity contribution in [2.75, 3.05) is 26.3 Å². The fourth-order valence-electron chi connectivity index (χ4n) is 2.29. The molecule has 128 valence electrons. The minimum Gasteiger partial charge on any atom is -0.379 e. The number of rotatable bonds is 3. The zero-order valence-electron chi connectivity index (χ0n) is 13.1. The van der Waals surface area contributed by atoms with Gasteiger partial charge in [0.15, 0.2) is 4.80 Å². The summed E-state index contributed by atoms with van der Waals surface area (Å²) in [7, 11) is -1.75. The second-order valence-corrected chi connectivity index (χ2v) is 8.07. The largest absolute Gasteiger partial charge is 0.379 e. The lowest BCUT2D eigenvalue weighted by Crippen LogP contribution is -2.40. The standard InChI is InChI=1S/C15H17N3O4S2/c1-17-8-11-23-15(17)16-14(19)12-2-4-13(5-3-12)24(20,21)18-6-9-22-10-7-18/h2-5,8,11H,6-7,9-10H2,1H3. The van der Waals surface area contributed by atoms with Gasteiger partial charge in [-0.1, -0.05) is 0 Å². The van der Waals surface area contributed by atoms with E-state index in [2.05, 4.69) is 4.99 Å². The number of benzene rings is 1. The predicted molar refractivity (Wildman–Crippen MR) is 89.2 cm³/mol. The van der Waals surface area contributed by atoms with Crippen molar-refractivity contribution in [3.63, 3.8) is 0 Å². The summed E-state index contributed by atoms with van der Waals surface area (Å²) in [6, 6.07) is 5.88. The van der Waals surface area contributed by atoms with Gasteiger partial charge in [-0.15, -0.1) is 11.3 Å². The number of aromatic nitrogens is 1. The summed E-state index contributed by atoms with van der Waals surface area (Å²) in [5.74, 6) is -0.400. The molecule has 1 aromatic heterocycles. The number of carbonyl (C=O) groups is 1. The summed E-state index contributed by atoms with van der Waals surface area (Å²) >= 11 is 1.36. The maximum Gasteiger partial charge on any atom is 0.279 e. The maximum absolute atomic E-state index is 12.5. The Kier molecular flexibility index (Phi) is 4.95. The van der Waals surface area contributed by atoms with Crippen LogP contribution in [0.3, 0.4) is 0 Å². The highest BCUT2D eigenvalue weighted by atomic mass is 32.2. The van der Waals surface area contributed by atoms with Crippen LogP contribution in [0.4, 0.5) is 0 Å². The molecule has 0 bridgehead atoms. The van der Waals surface area contributed by atoms with Gasteiger partial charge in [0.05, 0.1) is 18.1 Å². The van der Waals surface area contributed by atoms with Gasteiger partial charge in [0.1, 0.15) is 0 Å². The van der Waals surface area contributed by atoms with Crippen LogP contribution in [0.15, 0.2) is 45.7 Å². The van der Waals surface area contributed by atoms with Gasteiger partial charge < -0.3 is 9.30 Å². The number of aryl methyl sites for hydroxylation is 1. The number of carbonyl (C=O) groups excluding carboxylic acids is 1. The van der Waals surface area contributed by atoms with Crippen molar-refractivity contribution in [2.45, 2.75) is 4.90 Å². The van der Waals surface area contributed by atoms with Crippen LogP contribution in [-0.2, 0) is 21.8 Å². The molecule has 3 rings (SSSR count). The van der Waals surface area contributed by atoms with Crippen molar-refractivity contribution in [3.8, 4) is 0 Å². The van der Waals surface area contributed by atoms with Gasteiger partial charge >= 0.3 is 0 Å². The molecule has 1 fully saturated rings. The molecule has 1 aliphatic rings. The number of nitrogens with zero attached hydrogens (tertiary/aromatic N) is 3. The quantitative estimate of drug-likeness (QED) is 0.805. The maximum atomic E-state index is 12.5. The molecule has 0 radical (unpaired) electrons. The van der Waals surface area contributed by atoms with E-state index in [4.69, 9.17) is 4.74 Å². The van der Waals surface area contributed by atoms with E-state index in [9.17, 15) is 13.2 Å². The van der Waals surface area contributed by atoms with Crippen LogP contribution in [0.2, 0.25) is 0 Å². The van der Waals surface area contributed by atoms with Gasteiger partial charge in [-0.2, -0.15) is 9.30 Å². The molecule has 0 aliphatic carbocycles. The number of sulfonamides is 1. The zero-order valence-corrected chi connectivity index (χ0v) is 14.7. The van der Waals surface area contributed by atoms with Gasteiger partial charge in [-0.3, -0.25) is 4.79 Å².